The summed E-state index contributed by atoms with van der Waals surface area (Å²) in [5, 5.41) is 22.2. The first-order chi connectivity index (χ1) is 9.34. The zero-order valence-electron chi connectivity index (χ0n) is 12.0. The topological polar surface area (TPSA) is 56.0 Å². The lowest BCUT2D eigenvalue weighted by atomic mass is 9.71. The molecule has 0 atom stereocenters. The van der Waals surface area contributed by atoms with Gasteiger partial charge in [-0.1, -0.05) is 13.8 Å². The van der Waals surface area contributed by atoms with Gasteiger partial charge < -0.3 is 10.4 Å². The number of benzene rings is 1. The second kappa shape index (κ2) is 5.41. The Balaban J connectivity index is 1.97. The molecule has 0 aromatic heterocycles. The van der Waals surface area contributed by atoms with Gasteiger partial charge in [-0.3, -0.25) is 0 Å². The molecule has 20 heavy (non-hydrogen) atoms. The van der Waals surface area contributed by atoms with Crippen molar-refractivity contribution >= 4 is 5.69 Å². The summed E-state index contributed by atoms with van der Waals surface area (Å²) in [6.45, 7) is 4.76. The highest BCUT2D eigenvalue weighted by Gasteiger charge is 2.36. The van der Waals surface area contributed by atoms with Crippen molar-refractivity contribution in [3.05, 3.63) is 29.6 Å². The molecule has 1 fully saturated rings. The lowest BCUT2D eigenvalue weighted by Crippen LogP contribution is -2.42. The van der Waals surface area contributed by atoms with Gasteiger partial charge in [0.2, 0.25) is 0 Å². The van der Waals surface area contributed by atoms with Crippen LogP contribution in [0.15, 0.2) is 18.2 Å². The summed E-state index contributed by atoms with van der Waals surface area (Å²) in [5.74, 6) is -0.455. The minimum absolute atomic E-state index is 0.284. The molecule has 0 spiro atoms. The van der Waals surface area contributed by atoms with Crippen LogP contribution < -0.4 is 5.32 Å². The number of hydrogen-bond donors (Lipinski definition) is 2. The molecule has 0 amide bonds. The van der Waals surface area contributed by atoms with Crippen molar-refractivity contribution in [1.29, 1.82) is 5.26 Å². The molecular weight excluding hydrogens is 255 g/mol. The van der Waals surface area contributed by atoms with Gasteiger partial charge in [-0.25, -0.2) is 4.39 Å². The summed E-state index contributed by atoms with van der Waals surface area (Å²) < 4.78 is 13.7. The number of anilines is 1. The van der Waals surface area contributed by atoms with E-state index in [1.807, 2.05) is 6.07 Å². The Morgan fingerprint density at radius 2 is 1.95 bits per heavy atom. The largest absolute Gasteiger partial charge is 0.388 e. The molecule has 1 aromatic carbocycles. The average molecular weight is 276 g/mol. The highest BCUT2D eigenvalue weighted by Crippen LogP contribution is 2.40. The van der Waals surface area contributed by atoms with Crippen LogP contribution in [0.5, 0.6) is 0 Å². The first-order valence-corrected chi connectivity index (χ1v) is 7.00. The maximum absolute atomic E-state index is 13.7. The van der Waals surface area contributed by atoms with Gasteiger partial charge in [-0.05, 0) is 49.3 Å². The molecule has 0 aliphatic heterocycles. The normalized spacial score (nSPS) is 20.1. The first-order valence-electron chi connectivity index (χ1n) is 7.00. The molecule has 2 N–H and O–H groups in total. The van der Waals surface area contributed by atoms with E-state index in [1.165, 1.54) is 6.07 Å². The smallest absolute Gasteiger partial charge is 0.147 e. The van der Waals surface area contributed by atoms with E-state index in [-0.39, 0.29) is 5.41 Å². The Hall–Kier alpha value is -1.60. The second-order valence-electron chi connectivity index (χ2n) is 6.55. The van der Waals surface area contributed by atoms with E-state index >= 15 is 0 Å². The molecule has 108 valence electrons. The van der Waals surface area contributed by atoms with E-state index in [0.717, 1.165) is 25.7 Å². The van der Waals surface area contributed by atoms with Crippen LogP contribution in [0.25, 0.3) is 0 Å². The van der Waals surface area contributed by atoms with Gasteiger partial charge in [-0.15, -0.1) is 0 Å². The predicted octanol–water partition coefficient (Wildman–Crippen LogP) is 3.44. The van der Waals surface area contributed by atoms with E-state index in [4.69, 9.17) is 5.26 Å². The predicted molar refractivity (Wildman–Crippen MR) is 76.8 cm³/mol. The molecule has 1 aliphatic rings. The Labute approximate surface area is 119 Å². The fourth-order valence-corrected chi connectivity index (χ4v) is 2.56. The third-order valence-corrected chi connectivity index (χ3v) is 4.24. The first kappa shape index (κ1) is 14.8. The van der Waals surface area contributed by atoms with E-state index in [1.54, 1.807) is 12.1 Å². The Kier molecular flexibility index (Phi) is 4.01. The number of nitrogens with zero attached hydrogens (tertiary/aromatic N) is 1. The van der Waals surface area contributed by atoms with Crippen molar-refractivity contribution in [3.63, 3.8) is 0 Å². The summed E-state index contributed by atoms with van der Waals surface area (Å²) in [6.07, 6.45) is 3.40. The van der Waals surface area contributed by atoms with Crippen LogP contribution in [0.4, 0.5) is 10.1 Å². The molecule has 0 unspecified atom stereocenters. The number of halogens is 1. The summed E-state index contributed by atoms with van der Waals surface area (Å²) >= 11 is 0. The lowest BCUT2D eigenvalue weighted by Gasteiger charge is -2.40. The van der Waals surface area contributed by atoms with E-state index < -0.39 is 11.4 Å². The van der Waals surface area contributed by atoms with Gasteiger partial charge in [0, 0.05) is 6.54 Å². The molecule has 2 rings (SSSR count). The molecule has 3 nitrogen and oxygen atoms in total. The van der Waals surface area contributed by atoms with Crippen molar-refractivity contribution in [2.45, 2.75) is 45.1 Å². The SMILES string of the molecule is CC1(C)CCC(O)(CNc2ccc(C#N)cc2F)CC1. The molecule has 0 bridgehead atoms. The summed E-state index contributed by atoms with van der Waals surface area (Å²) in [7, 11) is 0. The van der Waals surface area contributed by atoms with Crippen LogP contribution in [0.3, 0.4) is 0 Å². The van der Waals surface area contributed by atoms with Gasteiger partial charge in [0.1, 0.15) is 5.82 Å². The van der Waals surface area contributed by atoms with E-state index in [9.17, 15) is 9.50 Å². The zero-order valence-corrected chi connectivity index (χ0v) is 12.0. The van der Waals surface area contributed by atoms with Crippen LogP contribution in [-0.4, -0.2) is 17.3 Å². The van der Waals surface area contributed by atoms with Crippen molar-refractivity contribution in [3.8, 4) is 6.07 Å². The van der Waals surface area contributed by atoms with Gasteiger partial charge >= 0.3 is 0 Å². The van der Waals surface area contributed by atoms with Crippen molar-refractivity contribution < 1.29 is 9.50 Å². The standard InChI is InChI=1S/C16H21FN2O/c1-15(2)5-7-16(20,8-6-15)11-19-14-4-3-12(10-18)9-13(14)17/h3-4,9,19-20H,5-8,11H2,1-2H3. The second-order valence-corrected chi connectivity index (χ2v) is 6.55. The molecule has 1 aliphatic carbocycles. The maximum Gasteiger partial charge on any atom is 0.147 e. The summed E-state index contributed by atoms with van der Waals surface area (Å²) in [4.78, 5) is 0. The highest BCUT2D eigenvalue weighted by molar-refractivity contribution is 5.49. The maximum atomic E-state index is 13.7. The van der Waals surface area contributed by atoms with Crippen LogP contribution in [0, 0.1) is 22.6 Å². The van der Waals surface area contributed by atoms with Crippen LogP contribution in [-0.2, 0) is 0 Å². The van der Waals surface area contributed by atoms with Gasteiger partial charge in [0.25, 0.3) is 0 Å². The number of aliphatic hydroxyl groups is 1. The molecular formula is C16H21FN2O. The van der Waals surface area contributed by atoms with Gasteiger partial charge in [0.15, 0.2) is 0 Å². The molecule has 1 saturated carbocycles. The highest BCUT2D eigenvalue weighted by atomic mass is 19.1. The monoisotopic (exact) mass is 276 g/mol. The fourth-order valence-electron chi connectivity index (χ4n) is 2.56. The Bertz CT molecular complexity index is 524. The van der Waals surface area contributed by atoms with Crippen molar-refractivity contribution in [1.82, 2.24) is 0 Å². The molecule has 4 heteroatoms. The fraction of sp³-hybridized carbons (Fsp3) is 0.562. The van der Waals surface area contributed by atoms with Gasteiger partial charge in [0.05, 0.1) is 22.9 Å². The number of nitrogens with one attached hydrogen (secondary N) is 1. The molecule has 0 radical (unpaired) electrons. The van der Waals surface area contributed by atoms with E-state index in [0.29, 0.717) is 17.8 Å². The van der Waals surface area contributed by atoms with Crippen molar-refractivity contribution in [2.24, 2.45) is 5.41 Å². The zero-order chi connectivity index (χ0) is 14.8. The molecule has 0 heterocycles. The van der Waals surface area contributed by atoms with Crippen molar-refractivity contribution in [2.75, 3.05) is 11.9 Å². The number of nitriles is 1. The van der Waals surface area contributed by atoms with Crippen LogP contribution in [0.2, 0.25) is 0 Å². The molecule has 0 saturated heterocycles. The third-order valence-electron chi connectivity index (χ3n) is 4.24. The number of hydrogen-bond acceptors (Lipinski definition) is 3. The minimum Gasteiger partial charge on any atom is -0.388 e. The number of rotatable bonds is 3. The Morgan fingerprint density at radius 1 is 1.30 bits per heavy atom. The lowest BCUT2D eigenvalue weighted by molar-refractivity contribution is -0.0145. The average Bonchev–Trinajstić information content (AvgIpc) is 2.41. The van der Waals surface area contributed by atoms with Crippen LogP contribution >= 0.6 is 0 Å². The van der Waals surface area contributed by atoms with Crippen LogP contribution in [0.1, 0.15) is 45.1 Å². The summed E-state index contributed by atoms with van der Waals surface area (Å²) in [6, 6.07) is 6.22. The summed E-state index contributed by atoms with van der Waals surface area (Å²) in [5.41, 5.74) is 0.148. The minimum atomic E-state index is -0.768. The third kappa shape index (κ3) is 3.49. The Morgan fingerprint density at radius 3 is 2.50 bits per heavy atom. The quantitative estimate of drug-likeness (QED) is 0.889. The van der Waals surface area contributed by atoms with E-state index in [2.05, 4.69) is 19.2 Å². The van der Waals surface area contributed by atoms with Gasteiger partial charge in [-0.2, -0.15) is 5.26 Å². The molecule has 1 aromatic rings.